The van der Waals surface area contributed by atoms with Crippen molar-refractivity contribution in [2.45, 2.75) is 6.18 Å². The predicted octanol–water partition coefficient (Wildman–Crippen LogP) is 5.39. The second kappa shape index (κ2) is 5.42. The third kappa shape index (κ3) is 3.29. The van der Waals surface area contributed by atoms with Gasteiger partial charge in [-0.1, -0.05) is 29.3 Å². The summed E-state index contributed by atoms with van der Waals surface area (Å²) < 4.78 is 43.3. The molecule has 2 aromatic rings. The Balaban J connectivity index is 2.39. The van der Waals surface area contributed by atoms with Crippen molar-refractivity contribution in [3.63, 3.8) is 0 Å². The van der Waals surface area contributed by atoms with E-state index in [1.165, 1.54) is 18.2 Å². The minimum atomic E-state index is -4.51. The highest BCUT2D eigenvalue weighted by Crippen LogP contribution is 2.38. The number of nitrogen functional groups attached to an aromatic ring is 1. The summed E-state index contributed by atoms with van der Waals surface area (Å²) in [4.78, 5) is 0. The molecule has 0 fully saturated rings. The molecule has 0 aromatic heterocycles. The molecular weight excluding hydrogens is 314 g/mol. The highest BCUT2D eigenvalue weighted by atomic mass is 35.5. The third-order valence-corrected chi connectivity index (χ3v) is 3.20. The summed E-state index contributed by atoms with van der Waals surface area (Å²) in [6.45, 7) is 0. The number of anilines is 1. The lowest BCUT2D eigenvalue weighted by Gasteiger charge is -2.12. The Bertz CT molecular complexity index is 644. The van der Waals surface area contributed by atoms with E-state index >= 15 is 0 Å². The maximum absolute atomic E-state index is 12.7. The molecule has 0 spiro atoms. The average molecular weight is 322 g/mol. The smallest absolute Gasteiger partial charge is 0.416 e. The van der Waals surface area contributed by atoms with E-state index in [0.29, 0.717) is 0 Å². The van der Waals surface area contributed by atoms with Crippen molar-refractivity contribution in [1.29, 1.82) is 0 Å². The van der Waals surface area contributed by atoms with Gasteiger partial charge < -0.3 is 10.5 Å². The first-order chi connectivity index (χ1) is 9.27. The second-order valence-electron chi connectivity index (χ2n) is 3.94. The topological polar surface area (TPSA) is 35.2 Å². The quantitative estimate of drug-likeness (QED) is 0.753. The molecule has 20 heavy (non-hydrogen) atoms. The Hall–Kier alpha value is -1.59. The largest absolute Gasteiger partial charge is 0.456 e. The molecule has 106 valence electrons. The Morgan fingerprint density at radius 1 is 1.05 bits per heavy atom. The number of rotatable bonds is 2. The number of benzene rings is 2. The molecule has 2 aromatic carbocycles. The summed E-state index contributed by atoms with van der Waals surface area (Å²) in [6.07, 6.45) is -4.51. The van der Waals surface area contributed by atoms with E-state index in [1.807, 2.05) is 0 Å². The Labute approximate surface area is 122 Å². The molecule has 7 heteroatoms. The van der Waals surface area contributed by atoms with E-state index in [1.54, 1.807) is 6.07 Å². The lowest BCUT2D eigenvalue weighted by Crippen LogP contribution is -2.06. The van der Waals surface area contributed by atoms with E-state index in [4.69, 9.17) is 33.7 Å². The van der Waals surface area contributed by atoms with E-state index in [2.05, 4.69) is 0 Å². The molecule has 0 aliphatic heterocycles. The van der Waals surface area contributed by atoms with Gasteiger partial charge in [0.2, 0.25) is 0 Å². The van der Waals surface area contributed by atoms with Crippen LogP contribution in [0.15, 0.2) is 36.4 Å². The van der Waals surface area contributed by atoms with Crippen LogP contribution in [-0.4, -0.2) is 0 Å². The molecule has 0 aliphatic carbocycles. The monoisotopic (exact) mass is 321 g/mol. The van der Waals surface area contributed by atoms with Crippen LogP contribution in [0.25, 0.3) is 0 Å². The predicted molar refractivity (Wildman–Crippen MR) is 72.4 cm³/mol. The van der Waals surface area contributed by atoms with Crippen LogP contribution in [0.3, 0.4) is 0 Å². The van der Waals surface area contributed by atoms with Gasteiger partial charge in [-0.25, -0.2) is 0 Å². The zero-order valence-corrected chi connectivity index (χ0v) is 11.4. The van der Waals surface area contributed by atoms with Gasteiger partial charge in [-0.3, -0.25) is 0 Å². The fraction of sp³-hybridized carbons (Fsp3) is 0.0769. The van der Waals surface area contributed by atoms with Crippen molar-refractivity contribution < 1.29 is 17.9 Å². The van der Waals surface area contributed by atoms with Crippen molar-refractivity contribution in [3.05, 3.63) is 52.0 Å². The summed E-state index contributed by atoms with van der Waals surface area (Å²) in [5.41, 5.74) is 4.48. The van der Waals surface area contributed by atoms with Crippen LogP contribution >= 0.6 is 23.2 Å². The molecule has 0 atom stereocenters. The number of alkyl halides is 3. The summed E-state index contributed by atoms with van der Waals surface area (Å²) >= 11 is 11.7. The molecule has 0 saturated heterocycles. The van der Waals surface area contributed by atoms with Gasteiger partial charge in [-0.2, -0.15) is 13.2 Å². The summed E-state index contributed by atoms with van der Waals surface area (Å²) in [6, 6.07) is 7.54. The van der Waals surface area contributed by atoms with E-state index in [0.717, 1.165) is 12.1 Å². The Morgan fingerprint density at radius 2 is 1.75 bits per heavy atom. The summed E-state index contributed by atoms with van der Waals surface area (Å²) in [5, 5.41) is 0.356. The van der Waals surface area contributed by atoms with Crippen LogP contribution in [0.4, 0.5) is 18.9 Å². The average Bonchev–Trinajstić information content (AvgIpc) is 2.33. The zero-order valence-electron chi connectivity index (χ0n) is 9.84. The SMILES string of the molecule is Nc1cc(Oc2cccc(Cl)c2Cl)cc(C(F)(F)F)c1. The van der Waals surface area contributed by atoms with Gasteiger partial charge in [0.25, 0.3) is 0 Å². The first-order valence-electron chi connectivity index (χ1n) is 5.37. The van der Waals surface area contributed by atoms with E-state index < -0.39 is 11.7 Å². The van der Waals surface area contributed by atoms with E-state index in [-0.39, 0.29) is 27.2 Å². The molecule has 0 amide bonds. The number of nitrogens with two attached hydrogens (primary N) is 1. The van der Waals surface area contributed by atoms with Crippen LogP contribution in [0, 0.1) is 0 Å². The van der Waals surface area contributed by atoms with Crippen LogP contribution in [0.5, 0.6) is 11.5 Å². The van der Waals surface area contributed by atoms with Crippen LogP contribution in [0.2, 0.25) is 10.0 Å². The number of hydrogen-bond donors (Lipinski definition) is 1. The Kier molecular flexibility index (Phi) is 4.01. The lowest BCUT2D eigenvalue weighted by molar-refractivity contribution is -0.137. The molecule has 0 heterocycles. The van der Waals surface area contributed by atoms with Crippen molar-refractivity contribution in [3.8, 4) is 11.5 Å². The number of halogens is 5. The fourth-order valence-corrected chi connectivity index (χ4v) is 1.86. The molecule has 2 nitrogen and oxygen atoms in total. The maximum atomic E-state index is 12.7. The van der Waals surface area contributed by atoms with Gasteiger partial charge in [0.1, 0.15) is 16.5 Å². The van der Waals surface area contributed by atoms with Crippen LogP contribution < -0.4 is 10.5 Å². The molecule has 0 unspecified atom stereocenters. The molecular formula is C13H8Cl2F3NO. The molecule has 0 bridgehead atoms. The van der Waals surface area contributed by atoms with Crippen molar-refractivity contribution in [2.75, 3.05) is 5.73 Å². The summed E-state index contributed by atoms with van der Waals surface area (Å²) in [7, 11) is 0. The van der Waals surface area contributed by atoms with Gasteiger partial charge in [0.05, 0.1) is 10.6 Å². The van der Waals surface area contributed by atoms with Gasteiger partial charge in [0, 0.05) is 11.8 Å². The maximum Gasteiger partial charge on any atom is 0.416 e. The fourth-order valence-electron chi connectivity index (χ4n) is 1.53. The standard InChI is InChI=1S/C13H8Cl2F3NO/c14-10-2-1-3-11(12(10)15)20-9-5-7(13(16,17)18)4-8(19)6-9/h1-6H,19H2. The second-order valence-corrected chi connectivity index (χ2v) is 4.73. The van der Waals surface area contributed by atoms with Gasteiger partial charge in [-0.05, 0) is 24.3 Å². The number of hydrogen-bond acceptors (Lipinski definition) is 2. The van der Waals surface area contributed by atoms with Crippen molar-refractivity contribution in [1.82, 2.24) is 0 Å². The van der Waals surface area contributed by atoms with Crippen molar-refractivity contribution in [2.24, 2.45) is 0 Å². The van der Waals surface area contributed by atoms with Crippen molar-refractivity contribution >= 4 is 28.9 Å². The minimum absolute atomic E-state index is 0.0621. The summed E-state index contributed by atoms with van der Waals surface area (Å²) in [5.74, 6) is 0.0828. The molecule has 0 aliphatic rings. The normalized spacial score (nSPS) is 11.4. The molecule has 2 rings (SSSR count). The molecule has 0 saturated carbocycles. The highest BCUT2D eigenvalue weighted by Gasteiger charge is 2.31. The first-order valence-corrected chi connectivity index (χ1v) is 6.12. The van der Waals surface area contributed by atoms with Crippen LogP contribution in [0.1, 0.15) is 5.56 Å². The van der Waals surface area contributed by atoms with E-state index in [9.17, 15) is 13.2 Å². The zero-order chi connectivity index (χ0) is 14.9. The van der Waals surface area contributed by atoms with Gasteiger partial charge in [0.15, 0.2) is 0 Å². The third-order valence-electron chi connectivity index (χ3n) is 2.40. The molecule has 0 radical (unpaired) electrons. The lowest BCUT2D eigenvalue weighted by atomic mass is 10.2. The Morgan fingerprint density at radius 3 is 2.40 bits per heavy atom. The highest BCUT2D eigenvalue weighted by molar-refractivity contribution is 6.42. The minimum Gasteiger partial charge on any atom is -0.456 e. The van der Waals surface area contributed by atoms with Crippen LogP contribution in [-0.2, 0) is 6.18 Å². The van der Waals surface area contributed by atoms with Gasteiger partial charge >= 0.3 is 6.18 Å². The van der Waals surface area contributed by atoms with Gasteiger partial charge in [-0.15, -0.1) is 0 Å². The number of ether oxygens (including phenoxy) is 1. The first kappa shape index (κ1) is 14.8. The molecule has 2 N–H and O–H groups in total.